The average Bonchev–Trinajstić information content (AvgIpc) is 2.65. The Morgan fingerprint density at radius 1 is 1.44 bits per heavy atom. The Kier molecular flexibility index (Phi) is 3.72. The number of hydrogen-bond donors (Lipinski definition) is 1. The summed E-state index contributed by atoms with van der Waals surface area (Å²) in [6, 6.07) is 1.55. The van der Waals surface area contributed by atoms with Crippen LogP contribution in [0.15, 0.2) is 24.7 Å². The molecule has 1 unspecified atom stereocenters. The molecule has 18 heavy (non-hydrogen) atoms. The van der Waals surface area contributed by atoms with E-state index in [0.717, 1.165) is 16.8 Å². The molecule has 0 aromatic carbocycles. The second-order valence-corrected chi connectivity index (χ2v) is 4.45. The van der Waals surface area contributed by atoms with E-state index in [4.69, 9.17) is 0 Å². The van der Waals surface area contributed by atoms with Crippen LogP contribution in [0.1, 0.15) is 29.8 Å². The fourth-order valence-corrected chi connectivity index (χ4v) is 1.87. The lowest BCUT2D eigenvalue weighted by molar-refractivity contribution is 0.560. The van der Waals surface area contributed by atoms with E-state index in [1.54, 1.807) is 10.9 Å². The van der Waals surface area contributed by atoms with E-state index in [9.17, 15) is 4.39 Å². The normalized spacial score (nSPS) is 12.7. The number of aromatic nitrogens is 3. The van der Waals surface area contributed by atoms with Crippen LogP contribution < -0.4 is 5.32 Å². The third-order valence-electron chi connectivity index (χ3n) is 2.94. The van der Waals surface area contributed by atoms with E-state index in [-0.39, 0.29) is 11.9 Å². The predicted molar refractivity (Wildman–Crippen MR) is 67.4 cm³/mol. The van der Waals surface area contributed by atoms with Crippen LogP contribution in [0.4, 0.5) is 4.39 Å². The van der Waals surface area contributed by atoms with Crippen LogP contribution in [-0.4, -0.2) is 14.8 Å². The van der Waals surface area contributed by atoms with Crippen molar-refractivity contribution >= 4 is 0 Å². The first kappa shape index (κ1) is 12.7. The molecular formula is C13H17FN4. The van der Waals surface area contributed by atoms with Gasteiger partial charge in [-0.05, 0) is 25.5 Å². The number of nitrogens with one attached hydrogen (secondary N) is 1. The van der Waals surface area contributed by atoms with E-state index in [2.05, 4.69) is 15.4 Å². The zero-order valence-electron chi connectivity index (χ0n) is 10.8. The topological polar surface area (TPSA) is 42.7 Å². The van der Waals surface area contributed by atoms with E-state index in [0.29, 0.717) is 6.54 Å². The second-order valence-electron chi connectivity index (χ2n) is 4.45. The van der Waals surface area contributed by atoms with Crippen molar-refractivity contribution in [3.8, 4) is 0 Å². The average molecular weight is 248 g/mol. The molecule has 0 aliphatic rings. The highest BCUT2D eigenvalue weighted by Gasteiger charge is 2.08. The van der Waals surface area contributed by atoms with Gasteiger partial charge in [0.25, 0.3) is 0 Å². The van der Waals surface area contributed by atoms with Gasteiger partial charge in [-0.3, -0.25) is 9.67 Å². The molecule has 2 heterocycles. The number of rotatable bonds is 4. The van der Waals surface area contributed by atoms with Gasteiger partial charge in [0.15, 0.2) is 0 Å². The summed E-state index contributed by atoms with van der Waals surface area (Å²) in [5.41, 5.74) is 3.00. The maximum atomic E-state index is 13.1. The molecule has 2 aromatic heterocycles. The van der Waals surface area contributed by atoms with Crippen LogP contribution in [0.5, 0.6) is 0 Å². The van der Waals surface area contributed by atoms with E-state index in [1.807, 2.05) is 27.1 Å². The van der Waals surface area contributed by atoms with Crippen LogP contribution in [0.25, 0.3) is 0 Å². The van der Waals surface area contributed by atoms with Gasteiger partial charge in [0.05, 0.1) is 11.9 Å². The van der Waals surface area contributed by atoms with Crippen molar-refractivity contribution < 1.29 is 4.39 Å². The Morgan fingerprint density at radius 3 is 2.83 bits per heavy atom. The standard InChI is InChI=1S/C13H17FN4/c1-9(11-4-13(14)7-15-5-11)16-6-12-8-18(3)17-10(12)2/h4-5,7-9,16H,6H2,1-3H3. The molecule has 2 rings (SSSR count). The van der Waals surface area contributed by atoms with Gasteiger partial charge in [0.2, 0.25) is 0 Å². The smallest absolute Gasteiger partial charge is 0.141 e. The van der Waals surface area contributed by atoms with Crippen LogP contribution in [-0.2, 0) is 13.6 Å². The third kappa shape index (κ3) is 2.92. The van der Waals surface area contributed by atoms with Gasteiger partial charge in [0, 0.05) is 37.6 Å². The van der Waals surface area contributed by atoms with Crippen molar-refractivity contribution in [2.24, 2.45) is 7.05 Å². The van der Waals surface area contributed by atoms with E-state index >= 15 is 0 Å². The largest absolute Gasteiger partial charge is 0.306 e. The fourth-order valence-electron chi connectivity index (χ4n) is 1.87. The predicted octanol–water partition coefficient (Wildman–Crippen LogP) is 2.11. The maximum absolute atomic E-state index is 13.1. The lowest BCUT2D eigenvalue weighted by atomic mass is 10.1. The Hall–Kier alpha value is -1.75. The van der Waals surface area contributed by atoms with E-state index < -0.39 is 0 Å². The summed E-state index contributed by atoms with van der Waals surface area (Å²) < 4.78 is 14.8. The molecule has 2 aromatic rings. The Bertz CT molecular complexity index is 536. The molecule has 1 atom stereocenters. The summed E-state index contributed by atoms with van der Waals surface area (Å²) >= 11 is 0. The van der Waals surface area contributed by atoms with Gasteiger partial charge in [0.1, 0.15) is 5.82 Å². The number of aryl methyl sites for hydroxylation is 2. The Balaban J connectivity index is 2.00. The quantitative estimate of drug-likeness (QED) is 0.901. The van der Waals surface area contributed by atoms with Gasteiger partial charge in [-0.25, -0.2) is 4.39 Å². The van der Waals surface area contributed by atoms with Gasteiger partial charge in [-0.1, -0.05) is 0 Å². The zero-order chi connectivity index (χ0) is 13.1. The van der Waals surface area contributed by atoms with Crippen molar-refractivity contribution in [2.45, 2.75) is 26.4 Å². The Labute approximate surface area is 106 Å². The van der Waals surface area contributed by atoms with Crippen LogP contribution >= 0.6 is 0 Å². The lowest BCUT2D eigenvalue weighted by Gasteiger charge is -2.13. The molecule has 1 N–H and O–H groups in total. The minimum atomic E-state index is -0.307. The third-order valence-corrected chi connectivity index (χ3v) is 2.94. The molecule has 0 spiro atoms. The monoisotopic (exact) mass is 248 g/mol. The molecule has 5 heteroatoms. The molecule has 0 bridgehead atoms. The zero-order valence-corrected chi connectivity index (χ0v) is 10.8. The van der Waals surface area contributed by atoms with Crippen LogP contribution in [0, 0.1) is 12.7 Å². The number of pyridine rings is 1. The minimum Gasteiger partial charge on any atom is -0.306 e. The summed E-state index contributed by atoms with van der Waals surface area (Å²) in [4.78, 5) is 3.85. The molecule has 0 saturated carbocycles. The van der Waals surface area contributed by atoms with Crippen molar-refractivity contribution in [3.63, 3.8) is 0 Å². The highest BCUT2D eigenvalue weighted by Crippen LogP contribution is 2.13. The molecule has 0 amide bonds. The van der Waals surface area contributed by atoms with Gasteiger partial charge < -0.3 is 5.32 Å². The van der Waals surface area contributed by atoms with E-state index in [1.165, 1.54) is 12.3 Å². The maximum Gasteiger partial charge on any atom is 0.141 e. The summed E-state index contributed by atoms with van der Waals surface area (Å²) in [5.74, 6) is -0.307. The van der Waals surface area contributed by atoms with Crippen LogP contribution in [0.3, 0.4) is 0 Å². The first-order chi connectivity index (χ1) is 8.56. The number of halogens is 1. The molecule has 0 fully saturated rings. The highest BCUT2D eigenvalue weighted by atomic mass is 19.1. The van der Waals surface area contributed by atoms with Crippen molar-refractivity contribution in [2.75, 3.05) is 0 Å². The summed E-state index contributed by atoms with van der Waals surface area (Å²) in [6.45, 7) is 4.67. The molecular weight excluding hydrogens is 231 g/mol. The van der Waals surface area contributed by atoms with Gasteiger partial charge >= 0.3 is 0 Å². The molecule has 0 saturated heterocycles. The van der Waals surface area contributed by atoms with Gasteiger partial charge in [-0.2, -0.15) is 5.10 Å². The number of nitrogens with zero attached hydrogens (tertiary/aromatic N) is 3. The highest BCUT2D eigenvalue weighted by molar-refractivity contribution is 5.17. The Morgan fingerprint density at radius 2 is 2.22 bits per heavy atom. The molecule has 4 nitrogen and oxygen atoms in total. The minimum absolute atomic E-state index is 0.0489. The lowest BCUT2D eigenvalue weighted by Crippen LogP contribution is -2.18. The van der Waals surface area contributed by atoms with Crippen LogP contribution in [0.2, 0.25) is 0 Å². The second kappa shape index (κ2) is 5.27. The number of hydrogen-bond acceptors (Lipinski definition) is 3. The molecule has 0 aliphatic heterocycles. The molecule has 96 valence electrons. The first-order valence-electron chi connectivity index (χ1n) is 5.89. The van der Waals surface area contributed by atoms with Crippen molar-refractivity contribution in [3.05, 3.63) is 47.3 Å². The fraction of sp³-hybridized carbons (Fsp3) is 0.385. The molecule has 0 radical (unpaired) electrons. The first-order valence-corrected chi connectivity index (χ1v) is 5.89. The SMILES string of the molecule is Cc1nn(C)cc1CNC(C)c1cncc(F)c1. The summed E-state index contributed by atoms with van der Waals surface area (Å²) in [5, 5.41) is 7.62. The summed E-state index contributed by atoms with van der Waals surface area (Å²) in [6.07, 6.45) is 4.87. The van der Waals surface area contributed by atoms with Gasteiger partial charge in [-0.15, -0.1) is 0 Å². The summed E-state index contributed by atoms with van der Waals surface area (Å²) in [7, 11) is 1.90. The van der Waals surface area contributed by atoms with Crippen molar-refractivity contribution in [1.82, 2.24) is 20.1 Å². The van der Waals surface area contributed by atoms with Crippen molar-refractivity contribution in [1.29, 1.82) is 0 Å². The molecule has 0 aliphatic carbocycles.